The Morgan fingerprint density at radius 1 is 1.14 bits per heavy atom. The molecule has 1 unspecified atom stereocenters. The molecule has 0 bridgehead atoms. The number of rotatable bonds is 9. The summed E-state index contributed by atoms with van der Waals surface area (Å²) >= 11 is 0. The van der Waals surface area contributed by atoms with Crippen LogP contribution >= 0.6 is 0 Å². The standard InChI is InChI=1S/C22H29N3O3/c1-5-28-19-11-9-17(10-12-19)21(26)24-20(16(2)3)22(27)25(4)15-13-18-8-6-7-14-23-18/h6-12,14,16,20H,5,13,15H2,1-4H3,(H,24,26). The van der Waals surface area contributed by atoms with E-state index in [1.165, 1.54) is 0 Å². The van der Waals surface area contributed by atoms with Gasteiger partial charge in [0.05, 0.1) is 6.61 Å². The molecule has 0 spiro atoms. The van der Waals surface area contributed by atoms with E-state index in [1.807, 2.05) is 39.0 Å². The summed E-state index contributed by atoms with van der Waals surface area (Å²) in [7, 11) is 1.75. The topological polar surface area (TPSA) is 71.5 Å². The first-order valence-electron chi connectivity index (χ1n) is 9.61. The van der Waals surface area contributed by atoms with Gasteiger partial charge < -0.3 is 15.0 Å². The maximum Gasteiger partial charge on any atom is 0.251 e. The Labute approximate surface area is 166 Å². The van der Waals surface area contributed by atoms with E-state index in [-0.39, 0.29) is 17.7 Å². The van der Waals surface area contributed by atoms with Crippen LogP contribution in [-0.4, -0.2) is 47.9 Å². The third kappa shape index (κ3) is 6.08. The Balaban J connectivity index is 1.98. The molecule has 0 fully saturated rings. The van der Waals surface area contributed by atoms with Crippen LogP contribution in [0.1, 0.15) is 36.8 Å². The predicted molar refractivity (Wildman–Crippen MR) is 109 cm³/mol. The predicted octanol–water partition coefficient (Wildman–Crippen LogP) is 2.94. The molecule has 6 nitrogen and oxygen atoms in total. The van der Waals surface area contributed by atoms with Gasteiger partial charge in [0, 0.05) is 37.5 Å². The minimum Gasteiger partial charge on any atom is -0.494 e. The first-order valence-corrected chi connectivity index (χ1v) is 9.61. The summed E-state index contributed by atoms with van der Waals surface area (Å²) < 4.78 is 5.40. The van der Waals surface area contributed by atoms with Crippen molar-refractivity contribution < 1.29 is 14.3 Å². The monoisotopic (exact) mass is 383 g/mol. The zero-order valence-electron chi connectivity index (χ0n) is 17.0. The molecule has 0 radical (unpaired) electrons. The number of ether oxygens (including phenoxy) is 1. The second-order valence-corrected chi connectivity index (χ2v) is 6.98. The van der Waals surface area contributed by atoms with Crippen molar-refractivity contribution in [2.24, 2.45) is 5.92 Å². The number of amides is 2. The molecule has 1 heterocycles. The van der Waals surface area contributed by atoms with Crippen molar-refractivity contribution in [3.8, 4) is 5.75 Å². The van der Waals surface area contributed by atoms with Gasteiger partial charge in [-0.15, -0.1) is 0 Å². The van der Waals surface area contributed by atoms with Crippen molar-refractivity contribution >= 4 is 11.8 Å². The van der Waals surface area contributed by atoms with Crippen LogP contribution in [0.2, 0.25) is 0 Å². The lowest BCUT2D eigenvalue weighted by molar-refractivity contribution is -0.133. The molecule has 2 aromatic rings. The summed E-state index contributed by atoms with van der Waals surface area (Å²) in [5.41, 5.74) is 1.43. The number of nitrogens with zero attached hydrogens (tertiary/aromatic N) is 2. The van der Waals surface area contributed by atoms with Gasteiger partial charge in [-0.05, 0) is 49.2 Å². The molecule has 1 N–H and O–H groups in total. The van der Waals surface area contributed by atoms with Gasteiger partial charge in [-0.25, -0.2) is 0 Å². The lowest BCUT2D eigenvalue weighted by Crippen LogP contribution is -2.50. The molecule has 150 valence electrons. The zero-order valence-corrected chi connectivity index (χ0v) is 17.0. The number of hydrogen-bond acceptors (Lipinski definition) is 4. The number of pyridine rings is 1. The molecule has 0 aliphatic rings. The summed E-state index contributed by atoms with van der Waals surface area (Å²) in [5, 5.41) is 2.88. The van der Waals surface area contributed by atoms with Crippen LogP contribution in [0.15, 0.2) is 48.7 Å². The van der Waals surface area contributed by atoms with Crippen LogP contribution < -0.4 is 10.1 Å². The van der Waals surface area contributed by atoms with E-state index in [0.717, 1.165) is 5.69 Å². The number of carbonyl (C=O) groups excluding carboxylic acids is 2. The summed E-state index contributed by atoms with van der Waals surface area (Å²) in [6, 6.07) is 12.0. The molecular formula is C22H29N3O3. The molecule has 2 amide bonds. The Morgan fingerprint density at radius 3 is 2.43 bits per heavy atom. The summed E-state index contributed by atoms with van der Waals surface area (Å²) in [5.74, 6) is 0.305. The lowest BCUT2D eigenvalue weighted by atomic mass is 10.0. The molecule has 2 rings (SSSR count). The number of carbonyl (C=O) groups is 2. The minimum atomic E-state index is -0.590. The van der Waals surface area contributed by atoms with Crippen LogP contribution in [-0.2, 0) is 11.2 Å². The minimum absolute atomic E-state index is 0.0311. The van der Waals surface area contributed by atoms with Gasteiger partial charge in [0.15, 0.2) is 0 Å². The average molecular weight is 383 g/mol. The maximum atomic E-state index is 12.9. The molecule has 0 aliphatic heterocycles. The number of nitrogens with one attached hydrogen (secondary N) is 1. The van der Waals surface area contributed by atoms with Gasteiger partial charge >= 0.3 is 0 Å². The fourth-order valence-corrected chi connectivity index (χ4v) is 2.78. The van der Waals surface area contributed by atoms with Crippen molar-refractivity contribution in [1.29, 1.82) is 0 Å². The van der Waals surface area contributed by atoms with Crippen LogP contribution in [0.25, 0.3) is 0 Å². The summed E-state index contributed by atoms with van der Waals surface area (Å²) in [6.07, 6.45) is 2.41. The van der Waals surface area contributed by atoms with E-state index < -0.39 is 6.04 Å². The largest absolute Gasteiger partial charge is 0.494 e. The van der Waals surface area contributed by atoms with E-state index in [1.54, 1.807) is 42.4 Å². The molecule has 1 atom stereocenters. The van der Waals surface area contributed by atoms with Gasteiger partial charge in [-0.2, -0.15) is 0 Å². The van der Waals surface area contributed by atoms with Gasteiger partial charge in [-0.1, -0.05) is 19.9 Å². The van der Waals surface area contributed by atoms with Crippen molar-refractivity contribution in [3.63, 3.8) is 0 Å². The zero-order chi connectivity index (χ0) is 20.5. The number of benzene rings is 1. The van der Waals surface area contributed by atoms with Crippen molar-refractivity contribution in [1.82, 2.24) is 15.2 Å². The van der Waals surface area contributed by atoms with E-state index in [0.29, 0.717) is 30.9 Å². The molecule has 28 heavy (non-hydrogen) atoms. The average Bonchev–Trinajstić information content (AvgIpc) is 2.71. The summed E-state index contributed by atoms with van der Waals surface area (Å²) in [6.45, 7) is 6.86. The normalized spacial score (nSPS) is 11.8. The Morgan fingerprint density at radius 2 is 1.86 bits per heavy atom. The van der Waals surface area contributed by atoms with E-state index in [2.05, 4.69) is 10.3 Å². The van der Waals surface area contributed by atoms with Crippen LogP contribution in [0.3, 0.4) is 0 Å². The highest BCUT2D eigenvalue weighted by atomic mass is 16.5. The Kier molecular flexibility index (Phi) is 7.99. The van der Waals surface area contributed by atoms with Gasteiger partial charge in [0.2, 0.25) is 5.91 Å². The van der Waals surface area contributed by atoms with E-state index >= 15 is 0 Å². The SMILES string of the molecule is CCOc1ccc(C(=O)NC(C(=O)N(C)CCc2ccccn2)C(C)C)cc1. The lowest BCUT2D eigenvalue weighted by Gasteiger charge is -2.27. The number of likely N-dealkylation sites (N-methyl/N-ethyl adjacent to an activating group) is 1. The molecule has 6 heteroatoms. The third-order valence-corrected chi connectivity index (χ3v) is 4.45. The second-order valence-electron chi connectivity index (χ2n) is 6.98. The highest BCUT2D eigenvalue weighted by Gasteiger charge is 2.27. The Bertz CT molecular complexity index is 760. The molecule has 0 saturated carbocycles. The maximum absolute atomic E-state index is 12.9. The first kappa shape index (κ1) is 21.4. The molecule has 0 saturated heterocycles. The number of aromatic nitrogens is 1. The van der Waals surface area contributed by atoms with Crippen LogP contribution in [0.5, 0.6) is 5.75 Å². The Hall–Kier alpha value is -2.89. The number of hydrogen-bond donors (Lipinski definition) is 1. The van der Waals surface area contributed by atoms with Gasteiger partial charge in [-0.3, -0.25) is 14.6 Å². The third-order valence-electron chi connectivity index (χ3n) is 4.45. The fourth-order valence-electron chi connectivity index (χ4n) is 2.78. The molecular weight excluding hydrogens is 354 g/mol. The molecule has 1 aromatic carbocycles. The van der Waals surface area contributed by atoms with Gasteiger partial charge in [0.25, 0.3) is 5.91 Å². The molecule has 0 aliphatic carbocycles. The summed E-state index contributed by atoms with van der Waals surface area (Å²) in [4.78, 5) is 31.4. The fraction of sp³-hybridized carbons (Fsp3) is 0.409. The van der Waals surface area contributed by atoms with E-state index in [4.69, 9.17) is 4.74 Å². The molecule has 1 aromatic heterocycles. The van der Waals surface area contributed by atoms with Gasteiger partial charge in [0.1, 0.15) is 11.8 Å². The van der Waals surface area contributed by atoms with E-state index in [9.17, 15) is 9.59 Å². The van der Waals surface area contributed by atoms with Crippen LogP contribution in [0, 0.1) is 5.92 Å². The first-order chi connectivity index (χ1) is 13.4. The second kappa shape index (κ2) is 10.4. The smallest absolute Gasteiger partial charge is 0.251 e. The highest BCUT2D eigenvalue weighted by molar-refractivity contribution is 5.97. The quantitative estimate of drug-likeness (QED) is 0.723. The van der Waals surface area contributed by atoms with Crippen molar-refractivity contribution in [2.45, 2.75) is 33.2 Å². The van der Waals surface area contributed by atoms with Crippen molar-refractivity contribution in [2.75, 3.05) is 20.2 Å². The van der Waals surface area contributed by atoms with Crippen LogP contribution in [0.4, 0.5) is 0 Å². The highest BCUT2D eigenvalue weighted by Crippen LogP contribution is 2.13. The van der Waals surface area contributed by atoms with Crippen molar-refractivity contribution in [3.05, 3.63) is 59.9 Å².